The second kappa shape index (κ2) is 2.92. The van der Waals surface area contributed by atoms with Crippen molar-refractivity contribution in [2.24, 2.45) is 5.41 Å². The highest BCUT2D eigenvalue weighted by Crippen LogP contribution is 2.38. The predicted molar refractivity (Wildman–Crippen MR) is 49.9 cm³/mol. The minimum atomic E-state index is -0.0285. The fraction of sp³-hybridized carbons (Fsp3) is 0.875. The van der Waals surface area contributed by atoms with Gasteiger partial charge in [0.15, 0.2) is 0 Å². The first-order valence-corrected chi connectivity index (χ1v) is 4.85. The average molecular weight is 186 g/mol. The fourth-order valence-corrected chi connectivity index (χ4v) is 2.32. The van der Waals surface area contributed by atoms with Crippen molar-refractivity contribution in [3.63, 3.8) is 0 Å². The van der Waals surface area contributed by atoms with E-state index in [1.54, 1.807) is 0 Å². The highest BCUT2D eigenvalue weighted by molar-refractivity contribution is 7.77. The summed E-state index contributed by atoms with van der Waals surface area (Å²) in [6.07, 6.45) is 2.97. The quantitative estimate of drug-likeness (QED) is 0.538. The van der Waals surface area contributed by atoms with Crippen LogP contribution < -0.4 is 5.32 Å². The summed E-state index contributed by atoms with van der Waals surface area (Å²) < 4.78 is 2.00. The molecule has 2 saturated heterocycles. The van der Waals surface area contributed by atoms with Gasteiger partial charge in [0, 0.05) is 19.6 Å². The van der Waals surface area contributed by atoms with Crippen LogP contribution in [0.2, 0.25) is 0 Å². The van der Waals surface area contributed by atoms with Crippen LogP contribution in [0.25, 0.3) is 0 Å². The van der Waals surface area contributed by atoms with Gasteiger partial charge in [-0.05, 0) is 19.3 Å². The molecule has 0 bridgehead atoms. The zero-order chi connectivity index (χ0) is 8.60. The molecule has 4 heteroatoms. The summed E-state index contributed by atoms with van der Waals surface area (Å²) in [5.74, 6) is 0.268. The number of amides is 1. The molecule has 1 N–H and O–H groups in total. The van der Waals surface area contributed by atoms with E-state index in [1.165, 1.54) is 0 Å². The number of hydrogen-bond acceptors (Lipinski definition) is 3. The van der Waals surface area contributed by atoms with Gasteiger partial charge in [-0.15, -0.1) is 0 Å². The van der Waals surface area contributed by atoms with Gasteiger partial charge in [-0.2, -0.15) is 0 Å². The first-order valence-electron chi connectivity index (χ1n) is 4.45. The van der Waals surface area contributed by atoms with Crippen molar-refractivity contribution in [3.8, 4) is 0 Å². The van der Waals surface area contributed by atoms with Crippen molar-refractivity contribution in [1.82, 2.24) is 9.62 Å². The maximum Gasteiger partial charge on any atom is 0.226 e. The van der Waals surface area contributed by atoms with E-state index in [1.807, 2.05) is 4.31 Å². The van der Waals surface area contributed by atoms with E-state index in [-0.39, 0.29) is 11.3 Å². The molecule has 2 rings (SSSR count). The zero-order valence-electron chi connectivity index (χ0n) is 7.05. The predicted octanol–water partition coefficient (Wildman–Crippen LogP) is 0.433. The van der Waals surface area contributed by atoms with Gasteiger partial charge in [0.2, 0.25) is 5.91 Å². The molecule has 0 aromatic heterocycles. The Morgan fingerprint density at radius 1 is 1.33 bits per heavy atom. The fourth-order valence-electron chi connectivity index (χ4n) is 2.12. The van der Waals surface area contributed by atoms with Crippen LogP contribution in [-0.4, -0.2) is 29.8 Å². The largest absolute Gasteiger partial charge is 0.356 e. The van der Waals surface area contributed by atoms with Crippen LogP contribution in [0.3, 0.4) is 0 Å². The summed E-state index contributed by atoms with van der Waals surface area (Å²) in [6.45, 7) is 2.75. The monoisotopic (exact) mass is 186 g/mol. The summed E-state index contributed by atoms with van der Waals surface area (Å²) in [7, 11) is 0. The molecule has 0 unspecified atom stereocenters. The number of piperidine rings is 1. The van der Waals surface area contributed by atoms with Crippen molar-refractivity contribution in [3.05, 3.63) is 0 Å². The minimum absolute atomic E-state index is 0.0285. The first kappa shape index (κ1) is 8.38. The second-order valence-corrected chi connectivity index (χ2v) is 4.31. The maximum atomic E-state index is 11.5. The lowest BCUT2D eigenvalue weighted by Crippen LogP contribution is -2.40. The van der Waals surface area contributed by atoms with E-state index in [2.05, 4.69) is 18.1 Å². The van der Waals surface area contributed by atoms with E-state index < -0.39 is 0 Å². The molecule has 12 heavy (non-hydrogen) atoms. The van der Waals surface area contributed by atoms with E-state index >= 15 is 0 Å². The van der Waals surface area contributed by atoms with Crippen molar-refractivity contribution < 1.29 is 4.79 Å². The third-order valence-electron chi connectivity index (χ3n) is 3.07. The zero-order valence-corrected chi connectivity index (χ0v) is 7.94. The Hall–Kier alpha value is -0.220. The van der Waals surface area contributed by atoms with Crippen LogP contribution in [0.1, 0.15) is 19.3 Å². The third kappa shape index (κ3) is 1.23. The summed E-state index contributed by atoms with van der Waals surface area (Å²) in [5, 5.41) is 2.91. The number of nitrogens with one attached hydrogen (secondary N) is 1. The number of nitrogens with zero attached hydrogens (tertiary/aromatic N) is 1. The van der Waals surface area contributed by atoms with Crippen LogP contribution in [0.15, 0.2) is 0 Å². The molecule has 0 atom stereocenters. The molecular weight excluding hydrogens is 172 g/mol. The Morgan fingerprint density at radius 3 is 2.50 bits per heavy atom. The maximum absolute atomic E-state index is 11.5. The topological polar surface area (TPSA) is 32.3 Å². The highest BCUT2D eigenvalue weighted by Gasteiger charge is 2.43. The lowest BCUT2D eigenvalue weighted by Gasteiger charge is -2.34. The first-order chi connectivity index (χ1) is 5.73. The smallest absolute Gasteiger partial charge is 0.226 e. The average Bonchev–Trinajstić information content (AvgIpc) is 2.41. The van der Waals surface area contributed by atoms with E-state index in [0.717, 1.165) is 38.9 Å². The molecule has 0 aromatic rings. The summed E-state index contributed by atoms with van der Waals surface area (Å²) in [5.41, 5.74) is -0.0285. The molecule has 2 fully saturated rings. The van der Waals surface area contributed by atoms with Crippen LogP contribution in [0, 0.1) is 5.41 Å². The van der Waals surface area contributed by atoms with E-state index in [9.17, 15) is 4.79 Å². The standard InChI is InChI=1S/C8H14N2OS/c11-7-8(1-4-9-7)2-5-10(12)6-3-8/h12H,1-6H2,(H,9,11). The van der Waals surface area contributed by atoms with Gasteiger partial charge in [-0.3, -0.25) is 9.10 Å². The summed E-state index contributed by atoms with van der Waals surface area (Å²) in [6, 6.07) is 0. The molecule has 1 amide bonds. The molecule has 68 valence electrons. The molecule has 2 heterocycles. The molecule has 0 aromatic carbocycles. The van der Waals surface area contributed by atoms with Gasteiger partial charge in [0.1, 0.15) is 0 Å². The van der Waals surface area contributed by atoms with Crippen molar-refractivity contribution in [2.75, 3.05) is 19.6 Å². The number of carbonyl (C=O) groups excluding carboxylic acids is 1. The van der Waals surface area contributed by atoms with Gasteiger partial charge in [0.25, 0.3) is 0 Å². The van der Waals surface area contributed by atoms with Crippen LogP contribution in [-0.2, 0) is 4.79 Å². The Labute approximate surface area is 78.0 Å². The number of carbonyl (C=O) groups is 1. The van der Waals surface area contributed by atoms with Crippen LogP contribution in [0.5, 0.6) is 0 Å². The molecule has 0 aliphatic carbocycles. The Bertz CT molecular complexity index is 199. The van der Waals surface area contributed by atoms with Crippen molar-refractivity contribution >= 4 is 18.7 Å². The molecule has 2 aliphatic rings. The third-order valence-corrected chi connectivity index (χ3v) is 3.47. The van der Waals surface area contributed by atoms with Gasteiger partial charge in [-0.25, -0.2) is 0 Å². The highest BCUT2D eigenvalue weighted by atomic mass is 32.1. The minimum Gasteiger partial charge on any atom is -0.356 e. The van der Waals surface area contributed by atoms with Crippen LogP contribution >= 0.6 is 12.8 Å². The van der Waals surface area contributed by atoms with Gasteiger partial charge in [0.05, 0.1) is 5.41 Å². The molecular formula is C8H14N2OS. The van der Waals surface area contributed by atoms with Crippen LogP contribution in [0.4, 0.5) is 0 Å². The lowest BCUT2D eigenvalue weighted by molar-refractivity contribution is -0.129. The van der Waals surface area contributed by atoms with Crippen molar-refractivity contribution in [1.29, 1.82) is 0 Å². The van der Waals surface area contributed by atoms with Gasteiger partial charge >= 0.3 is 0 Å². The Kier molecular flexibility index (Phi) is 2.04. The Balaban J connectivity index is 2.07. The lowest BCUT2D eigenvalue weighted by atomic mass is 9.78. The molecule has 0 saturated carbocycles. The molecule has 2 aliphatic heterocycles. The molecule has 0 radical (unpaired) electrons. The van der Waals surface area contributed by atoms with E-state index in [0.29, 0.717) is 0 Å². The molecule has 3 nitrogen and oxygen atoms in total. The Morgan fingerprint density at radius 2 is 2.00 bits per heavy atom. The van der Waals surface area contributed by atoms with Gasteiger partial charge in [-0.1, -0.05) is 12.8 Å². The summed E-state index contributed by atoms with van der Waals surface area (Å²) >= 11 is 4.27. The van der Waals surface area contributed by atoms with Gasteiger partial charge < -0.3 is 5.32 Å². The van der Waals surface area contributed by atoms with Crippen molar-refractivity contribution in [2.45, 2.75) is 19.3 Å². The second-order valence-electron chi connectivity index (χ2n) is 3.74. The van der Waals surface area contributed by atoms with E-state index in [4.69, 9.17) is 0 Å². The number of thiol groups is 1. The SMILES string of the molecule is O=C1NCCC12CCN(S)CC2. The normalized spacial score (nSPS) is 29.2. The molecule has 1 spiro atoms. The summed E-state index contributed by atoms with van der Waals surface area (Å²) in [4.78, 5) is 11.5. The number of rotatable bonds is 0. The number of hydrogen-bond donors (Lipinski definition) is 2.